The fourth-order valence-electron chi connectivity index (χ4n) is 11.2. The van der Waals surface area contributed by atoms with Gasteiger partial charge in [0.15, 0.2) is 0 Å². The molecule has 4 heterocycles. The highest BCUT2D eigenvalue weighted by Gasteiger charge is 2.56. The third-order valence-electron chi connectivity index (χ3n) is 15.1. The molecule has 4 saturated heterocycles. The van der Waals surface area contributed by atoms with E-state index < -0.39 is 99.3 Å². The zero-order chi connectivity index (χ0) is 46.7. The fourth-order valence-corrected chi connectivity index (χ4v) is 11.2. The van der Waals surface area contributed by atoms with Crippen LogP contribution in [0.2, 0.25) is 0 Å². The van der Waals surface area contributed by atoms with Gasteiger partial charge >= 0.3 is 23.9 Å². The summed E-state index contributed by atoms with van der Waals surface area (Å²) in [5, 5.41) is 56.5. The molecule has 16 heteroatoms. The molecule has 0 aromatic carbocycles. The minimum Gasteiger partial charge on any atom is -0.465 e. The minimum atomic E-state index is -1.75. The molecule has 4 aliphatic heterocycles. The van der Waals surface area contributed by atoms with Gasteiger partial charge in [-0.3, -0.25) is 19.2 Å². The Morgan fingerprint density at radius 3 is 0.672 bits per heavy atom. The molecule has 0 bridgehead atoms. The maximum absolute atomic E-state index is 14.0. The summed E-state index contributed by atoms with van der Waals surface area (Å²) >= 11 is 0. The summed E-state index contributed by atoms with van der Waals surface area (Å²) in [7, 11) is 0. The molecule has 0 saturated carbocycles. The Balaban J connectivity index is 1.63. The van der Waals surface area contributed by atoms with Crippen molar-refractivity contribution in [3.63, 3.8) is 0 Å². The Kier molecular flexibility index (Phi) is 14.4. The van der Waals surface area contributed by atoms with Crippen molar-refractivity contribution in [1.29, 1.82) is 0 Å². The van der Waals surface area contributed by atoms with Crippen molar-refractivity contribution in [2.75, 3.05) is 26.4 Å². The molecule has 4 radical (unpaired) electrons. The minimum absolute atomic E-state index is 0.113. The second-order valence-corrected chi connectivity index (χ2v) is 23.6. The molecule has 0 aliphatic carbocycles. The van der Waals surface area contributed by atoms with E-state index in [9.17, 15) is 40.0 Å². The summed E-state index contributed by atoms with van der Waals surface area (Å²) in [6.07, 6.45) is -0.504. The van der Waals surface area contributed by atoms with Crippen molar-refractivity contribution in [3.05, 3.63) is 0 Å². The van der Waals surface area contributed by atoms with Crippen LogP contribution in [0.4, 0.5) is 0 Å². The fraction of sp³-hybridized carbons (Fsp3) is 0.911. The summed E-state index contributed by atoms with van der Waals surface area (Å²) in [6.45, 7) is 28.4. The summed E-state index contributed by atoms with van der Waals surface area (Å²) < 4.78 is 23.3. The number of ether oxygens (including phenoxy) is 4. The van der Waals surface area contributed by atoms with Crippen LogP contribution in [0.1, 0.15) is 162 Å². The molecule has 348 valence electrons. The molecule has 0 aromatic rings. The molecule has 0 N–H and O–H groups in total. The number of hydroxylamine groups is 8. The van der Waals surface area contributed by atoms with Crippen LogP contribution in [0.5, 0.6) is 0 Å². The standard InChI is InChI=1S/C45H76N4O12/c1-37(2)17-29(41(9,10)46(37)54)25-58-33(50)21-45(22-34(51)59-26-30-18-38(3,4)47(55)42(30,11)12,23-35(52)60-27-31-19-39(5,6)48(56)43(31,13)14)24-36(53)61-28-32-20-40(7,8)49(57)44(32,15)16/h29-32H,17-28H2,1-16H3. The third-order valence-corrected chi connectivity index (χ3v) is 15.1. The van der Waals surface area contributed by atoms with E-state index in [1.165, 1.54) is 0 Å². The van der Waals surface area contributed by atoms with E-state index in [1.807, 2.05) is 55.4 Å². The summed E-state index contributed by atoms with van der Waals surface area (Å²) in [4.78, 5) is 56.0. The number of carbonyl (C=O) groups excluding carboxylic acids is 4. The zero-order valence-corrected chi connectivity index (χ0v) is 40.0. The van der Waals surface area contributed by atoms with Crippen LogP contribution in [0.3, 0.4) is 0 Å². The van der Waals surface area contributed by atoms with Crippen LogP contribution >= 0.6 is 0 Å². The van der Waals surface area contributed by atoms with Crippen LogP contribution < -0.4 is 0 Å². The molecular formula is C45H76N4O12. The lowest BCUT2D eigenvalue weighted by Crippen LogP contribution is -2.47. The molecule has 0 spiro atoms. The first-order valence-electron chi connectivity index (χ1n) is 22.0. The van der Waals surface area contributed by atoms with Gasteiger partial charge in [-0.1, -0.05) is 0 Å². The van der Waals surface area contributed by atoms with Crippen molar-refractivity contribution in [2.45, 2.75) is 206 Å². The van der Waals surface area contributed by atoms with E-state index in [2.05, 4.69) is 0 Å². The molecule has 4 rings (SSSR count). The quantitative estimate of drug-likeness (QED) is 0.119. The number of carbonyl (C=O) groups is 4. The first kappa shape index (κ1) is 51.2. The number of esters is 4. The van der Waals surface area contributed by atoms with Gasteiger partial charge in [-0.25, -0.2) is 0 Å². The second kappa shape index (κ2) is 17.2. The summed E-state index contributed by atoms with van der Waals surface area (Å²) in [5.41, 5.74) is -7.99. The Morgan fingerprint density at radius 1 is 0.377 bits per heavy atom. The van der Waals surface area contributed by atoms with Gasteiger partial charge in [0, 0.05) is 51.2 Å². The van der Waals surface area contributed by atoms with Gasteiger partial charge in [0.2, 0.25) is 0 Å². The van der Waals surface area contributed by atoms with Gasteiger partial charge in [0.05, 0.1) is 74.3 Å². The average Bonchev–Trinajstić information content (AvgIpc) is 3.54. The number of hydrogen-bond donors (Lipinski definition) is 0. The topological polar surface area (TPSA) is 198 Å². The molecule has 4 atom stereocenters. The zero-order valence-electron chi connectivity index (χ0n) is 40.0. The lowest BCUT2D eigenvalue weighted by Gasteiger charge is -2.35. The van der Waals surface area contributed by atoms with Gasteiger partial charge in [-0.15, -0.1) is 41.1 Å². The first-order valence-corrected chi connectivity index (χ1v) is 22.0. The molecule has 4 fully saturated rings. The Morgan fingerprint density at radius 2 is 0.541 bits per heavy atom. The monoisotopic (exact) mass is 865 g/mol. The largest absolute Gasteiger partial charge is 0.465 e. The van der Waals surface area contributed by atoms with Gasteiger partial charge in [0.1, 0.15) is 0 Å². The third kappa shape index (κ3) is 10.6. The first-order chi connectivity index (χ1) is 27.4. The molecule has 4 aliphatic rings. The van der Waals surface area contributed by atoms with Crippen molar-refractivity contribution >= 4 is 23.9 Å². The van der Waals surface area contributed by atoms with Crippen LogP contribution in [0.15, 0.2) is 0 Å². The molecule has 4 unspecified atom stereocenters. The number of rotatable bonds is 16. The second-order valence-electron chi connectivity index (χ2n) is 23.6. The average molecular weight is 865 g/mol. The van der Waals surface area contributed by atoms with Crippen molar-refractivity contribution in [2.24, 2.45) is 29.1 Å². The normalized spacial score (nSPS) is 30.8. The van der Waals surface area contributed by atoms with Crippen molar-refractivity contribution in [1.82, 2.24) is 20.3 Å². The molecule has 16 nitrogen and oxygen atoms in total. The van der Waals surface area contributed by atoms with Gasteiger partial charge in [-0.05, 0) is 136 Å². The van der Waals surface area contributed by atoms with Crippen LogP contribution in [0, 0.1) is 29.1 Å². The lowest BCUT2D eigenvalue weighted by molar-refractivity contribution is -0.249. The lowest BCUT2D eigenvalue weighted by atomic mass is 9.75. The molecule has 0 aromatic heterocycles. The predicted molar refractivity (Wildman–Crippen MR) is 220 cm³/mol. The summed E-state index contributed by atoms with van der Waals surface area (Å²) in [6, 6.07) is 0. The van der Waals surface area contributed by atoms with E-state index in [1.54, 1.807) is 55.4 Å². The van der Waals surface area contributed by atoms with Crippen LogP contribution in [-0.2, 0) is 59.0 Å². The Bertz CT molecular complexity index is 1400. The smallest absolute Gasteiger partial charge is 0.306 e. The van der Waals surface area contributed by atoms with Gasteiger partial charge < -0.3 is 18.9 Å². The SMILES string of the molecule is CC1(C)CC(COC(=O)CC(CC(=O)OCC2CC(C)(C)N([O])C2(C)C)(CC(=O)OCC2CC(C)(C)N([O])C2(C)C)CC(=O)OCC2CC(C)(C)N([O])C2(C)C)C(C)(C)N1[O]. The Hall–Kier alpha value is -2.44. The highest BCUT2D eigenvalue weighted by molar-refractivity contribution is 5.81. The highest BCUT2D eigenvalue weighted by Crippen LogP contribution is 2.48. The van der Waals surface area contributed by atoms with Gasteiger partial charge in [-0.2, -0.15) is 0 Å². The highest BCUT2D eigenvalue weighted by atomic mass is 16.6. The number of hydrogen-bond acceptors (Lipinski definition) is 12. The summed E-state index contributed by atoms with van der Waals surface area (Å²) in [5.74, 6) is -4.54. The maximum Gasteiger partial charge on any atom is 0.306 e. The van der Waals surface area contributed by atoms with Crippen molar-refractivity contribution < 1.29 is 59.0 Å². The molecule has 0 amide bonds. The van der Waals surface area contributed by atoms with Gasteiger partial charge in [0.25, 0.3) is 0 Å². The van der Waals surface area contributed by atoms with E-state index in [0.29, 0.717) is 25.7 Å². The van der Waals surface area contributed by atoms with E-state index in [0.717, 1.165) is 20.3 Å². The van der Waals surface area contributed by atoms with Crippen LogP contribution in [0.25, 0.3) is 0 Å². The van der Waals surface area contributed by atoms with E-state index >= 15 is 0 Å². The predicted octanol–water partition coefficient (Wildman–Crippen LogP) is 6.60. The Labute approximate surface area is 364 Å². The number of nitrogens with zero attached hydrogens (tertiary/aromatic N) is 4. The van der Waals surface area contributed by atoms with Crippen LogP contribution in [-0.4, -0.2) is 115 Å². The van der Waals surface area contributed by atoms with Crippen molar-refractivity contribution in [3.8, 4) is 0 Å². The van der Waals surface area contributed by atoms with E-state index in [4.69, 9.17) is 18.9 Å². The molecular weight excluding hydrogens is 789 g/mol. The maximum atomic E-state index is 14.0. The molecule has 61 heavy (non-hydrogen) atoms. The van der Waals surface area contributed by atoms with E-state index in [-0.39, 0.29) is 50.1 Å².